The summed E-state index contributed by atoms with van der Waals surface area (Å²) in [6.45, 7) is 1.43. The van der Waals surface area contributed by atoms with Crippen molar-refractivity contribution >= 4 is 29.1 Å². The normalized spacial score (nSPS) is 9.95. The van der Waals surface area contributed by atoms with Gasteiger partial charge in [-0.2, -0.15) is 0 Å². The molecule has 1 aromatic carbocycles. The van der Waals surface area contributed by atoms with Crippen LogP contribution in [0, 0.1) is 0 Å². The topological polar surface area (TPSA) is 97.4 Å². The lowest BCUT2D eigenvalue weighted by Gasteiger charge is -2.05. The van der Waals surface area contributed by atoms with Gasteiger partial charge in [0.05, 0.1) is 0 Å². The van der Waals surface area contributed by atoms with E-state index < -0.39 is 0 Å². The van der Waals surface area contributed by atoms with E-state index in [1.165, 1.54) is 19.1 Å². The molecular formula is C13H13N3O3. The largest absolute Gasteiger partial charge is 0.436 e. The van der Waals surface area contributed by atoms with Crippen LogP contribution in [0.15, 0.2) is 40.8 Å². The first-order chi connectivity index (χ1) is 9.04. The van der Waals surface area contributed by atoms with E-state index in [2.05, 4.69) is 10.6 Å². The average molecular weight is 259 g/mol. The van der Waals surface area contributed by atoms with E-state index in [1.54, 1.807) is 24.3 Å². The number of furan rings is 1. The van der Waals surface area contributed by atoms with Gasteiger partial charge in [-0.05, 0) is 30.3 Å². The Morgan fingerprint density at radius 2 is 1.58 bits per heavy atom. The summed E-state index contributed by atoms with van der Waals surface area (Å²) in [4.78, 5) is 22.6. The van der Waals surface area contributed by atoms with E-state index in [9.17, 15) is 9.59 Å². The van der Waals surface area contributed by atoms with Crippen LogP contribution in [0.2, 0.25) is 0 Å². The molecule has 4 N–H and O–H groups in total. The SMILES string of the molecule is CC(=O)Nc1ccc(NC(=O)c2ccc(N)o2)cc1. The van der Waals surface area contributed by atoms with Crippen LogP contribution in [0.4, 0.5) is 17.3 Å². The van der Waals surface area contributed by atoms with E-state index >= 15 is 0 Å². The minimum atomic E-state index is -0.385. The molecule has 19 heavy (non-hydrogen) atoms. The van der Waals surface area contributed by atoms with Crippen molar-refractivity contribution in [3.05, 3.63) is 42.2 Å². The Bertz CT molecular complexity index is 602. The van der Waals surface area contributed by atoms with Crippen molar-refractivity contribution < 1.29 is 14.0 Å². The van der Waals surface area contributed by atoms with Gasteiger partial charge >= 0.3 is 0 Å². The molecule has 0 saturated carbocycles. The van der Waals surface area contributed by atoms with E-state index in [1.807, 2.05) is 0 Å². The highest BCUT2D eigenvalue weighted by Gasteiger charge is 2.10. The number of carbonyl (C=O) groups is 2. The summed E-state index contributed by atoms with van der Waals surface area (Å²) < 4.78 is 5.00. The van der Waals surface area contributed by atoms with Gasteiger partial charge in [-0.15, -0.1) is 0 Å². The van der Waals surface area contributed by atoms with E-state index in [0.717, 1.165) is 0 Å². The second kappa shape index (κ2) is 5.26. The molecule has 2 rings (SSSR count). The molecule has 98 valence electrons. The van der Waals surface area contributed by atoms with Crippen LogP contribution in [0.3, 0.4) is 0 Å². The average Bonchev–Trinajstić information content (AvgIpc) is 2.78. The van der Waals surface area contributed by atoms with Crippen LogP contribution >= 0.6 is 0 Å². The molecule has 1 heterocycles. The Morgan fingerprint density at radius 3 is 2.05 bits per heavy atom. The van der Waals surface area contributed by atoms with Crippen LogP contribution in [0.1, 0.15) is 17.5 Å². The first kappa shape index (κ1) is 12.7. The number of amides is 2. The third kappa shape index (κ3) is 3.35. The van der Waals surface area contributed by atoms with Crippen LogP contribution in [0.5, 0.6) is 0 Å². The zero-order valence-electron chi connectivity index (χ0n) is 10.3. The molecule has 0 aliphatic rings. The van der Waals surface area contributed by atoms with Gasteiger partial charge in [0.25, 0.3) is 5.91 Å². The minimum absolute atomic E-state index is 0.142. The summed E-state index contributed by atoms with van der Waals surface area (Å²) in [5.74, 6) is -0.207. The van der Waals surface area contributed by atoms with Crippen molar-refractivity contribution in [2.24, 2.45) is 0 Å². The van der Waals surface area contributed by atoms with Gasteiger partial charge in [0.15, 0.2) is 11.6 Å². The summed E-state index contributed by atoms with van der Waals surface area (Å²) in [7, 11) is 0. The second-order valence-electron chi connectivity index (χ2n) is 3.91. The number of nitrogens with one attached hydrogen (secondary N) is 2. The highest BCUT2D eigenvalue weighted by atomic mass is 16.4. The maximum atomic E-state index is 11.8. The van der Waals surface area contributed by atoms with Crippen molar-refractivity contribution in [1.29, 1.82) is 0 Å². The van der Waals surface area contributed by atoms with Gasteiger partial charge in [-0.3, -0.25) is 9.59 Å². The zero-order valence-corrected chi connectivity index (χ0v) is 10.3. The third-order valence-corrected chi connectivity index (χ3v) is 2.31. The fraction of sp³-hybridized carbons (Fsp3) is 0.0769. The maximum absolute atomic E-state index is 11.8. The van der Waals surface area contributed by atoms with Gasteiger partial charge < -0.3 is 20.8 Å². The number of carbonyl (C=O) groups excluding carboxylic acids is 2. The third-order valence-electron chi connectivity index (χ3n) is 2.31. The van der Waals surface area contributed by atoms with Crippen LogP contribution < -0.4 is 16.4 Å². The number of rotatable bonds is 3. The summed E-state index contributed by atoms with van der Waals surface area (Å²) >= 11 is 0. The van der Waals surface area contributed by atoms with Crippen molar-refractivity contribution in [1.82, 2.24) is 0 Å². The Kier molecular flexibility index (Phi) is 3.51. The Balaban J connectivity index is 2.03. The highest BCUT2D eigenvalue weighted by molar-refractivity contribution is 6.02. The molecule has 0 radical (unpaired) electrons. The summed E-state index contributed by atoms with van der Waals surface area (Å²) in [6.07, 6.45) is 0. The van der Waals surface area contributed by atoms with Crippen LogP contribution in [-0.4, -0.2) is 11.8 Å². The molecule has 0 saturated heterocycles. The maximum Gasteiger partial charge on any atom is 0.291 e. The Labute approximate surface area is 109 Å². The van der Waals surface area contributed by atoms with Crippen molar-refractivity contribution in [2.45, 2.75) is 6.92 Å². The molecular weight excluding hydrogens is 246 g/mol. The monoisotopic (exact) mass is 259 g/mol. The molecule has 1 aromatic heterocycles. The predicted molar refractivity (Wildman–Crippen MR) is 71.8 cm³/mol. The van der Waals surface area contributed by atoms with Crippen molar-refractivity contribution in [3.8, 4) is 0 Å². The second-order valence-corrected chi connectivity index (χ2v) is 3.91. The molecule has 2 amide bonds. The number of nitrogen functional groups attached to an aromatic ring is 1. The first-order valence-corrected chi connectivity index (χ1v) is 5.59. The van der Waals surface area contributed by atoms with Crippen molar-refractivity contribution in [3.63, 3.8) is 0 Å². The molecule has 0 aliphatic carbocycles. The number of anilines is 3. The predicted octanol–water partition coefficient (Wildman–Crippen LogP) is 2.07. The van der Waals surface area contributed by atoms with E-state index in [4.69, 9.17) is 10.2 Å². The quantitative estimate of drug-likeness (QED) is 0.786. The molecule has 0 bridgehead atoms. The molecule has 0 atom stereocenters. The molecule has 0 unspecified atom stereocenters. The summed E-state index contributed by atoms with van der Waals surface area (Å²) in [5.41, 5.74) is 6.64. The van der Waals surface area contributed by atoms with Crippen molar-refractivity contribution in [2.75, 3.05) is 16.4 Å². The number of benzene rings is 1. The molecule has 6 nitrogen and oxygen atoms in total. The number of hydrogen-bond donors (Lipinski definition) is 3. The molecule has 0 spiro atoms. The lowest BCUT2D eigenvalue weighted by atomic mass is 10.2. The Morgan fingerprint density at radius 1 is 1.00 bits per heavy atom. The smallest absolute Gasteiger partial charge is 0.291 e. The van der Waals surface area contributed by atoms with Crippen LogP contribution in [-0.2, 0) is 4.79 Å². The standard InChI is InChI=1S/C13H13N3O3/c1-8(17)15-9-2-4-10(5-3-9)16-13(18)11-6-7-12(14)19-11/h2-7H,14H2,1H3,(H,15,17)(H,16,18). The molecule has 0 fully saturated rings. The van der Waals surface area contributed by atoms with Gasteiger partial charge in [-0.25, -0.2) is 0 Å². The highest BCUT2D eigenvalue weighted by Crippen LogP contribution is 2.16. The summed E-state index contributed by atoms with van der Waals surface area (Å²) in [5, 5.41) is 5.28. The lowest BCUT2D eigenvalue weighted by molar-refractivity contribution is -0.114. The first-order valence-electron chi connectivity index (χ1n) is 5.59. The van der Waals surface area contributed by atoms with Gasteiger partial charge in [0.2, 0.25) is 5.91 Å². The van der Waals surface area contributed by atoms with Gasteiger partial charge in [-0.1, -0.05) is 0 Å². The number of hydrogen-bond acceptors (Lipinski definition) is 4. The van der Waals surface area contributed by atoms with E-state index in [0.29, 0.717) is 11.4 Å². The van der Waals surface area contributed by atoms with E-state index in [-0.39, 0.29) is 23.5 Å². The fourth-order valence-corrected chi connectivity index (χ4v) is 1.51. The molecule has 0 aliphatic heterocycles. The molecule has 2 aromatic rings. The number of nitrogens with two attached hydrogens (primary N) is 1. The fourth-order valence-electron chi connectivity index (χ4n) is 1.51. The lowest BCUT2D eigenvalue weighted by Crippen LogP contribution is -2.11. The zero-order chi connectivity index (χ0) is 13.8. The summed E-state index contributed by atoms with van der Waals surface area (Å²) in [6, 6.07) is 9.73. The minimum Gasteiger partial charge on any atom is -0.436 e. The van der Waals surface area contributed by atoms with Gasteiger partial charge in [0, 0.05) is 24.4 Å². The van der Waals surface area contributed by atoms with Crippen LogP contribution in [0.25, 0.3) is 0 Å². The van der Waals surface area contributed by atoms with Gasteiger partial charge in [0.1, 0.15) is 0 Å². The molecule has 6 heteroatoms. The Hall–Kier alpha value is -2.76.